The Morgan fingerprint density at radius 3 is 2.33 bits per heavy atom. The molecule has 0 saturated heterocycles. The number of hydrogen-bond acceptors (Lipinski definition) is 4. The Balaban J connectivity index is 2.17. The Morgan fingerprint density at radius 1 is 1.05 bits per heavy atom. The van der Waals surface area contributed by atoms with Gasteiger partial charge in [0.05, 0.1) is 29.3 Å². The lowest BCUT2D eigenvalue weighted by Gasteiger charge is -2.09. The Morgan fingerprint density at radius 2 is 1.71 bits per heavy atom. The Kier molecular flexibility index (Phi) is 4.02. The third kappa shape index (κ3) is 3.47. The van der Waals surface area contributed by atoms with Crippen molar-refractivity contribution < 1.29 is 23.5 Å². The smallest absolute Gasteiger partial charge is 0.338 e. The number of aromatic carboxylic acids is 1. The van der Waals surface area contributed by atoms with Crippen molar-refractivity contribution in [2.75, 3.05) is 10.6 Å². The monoisotopic (exact) mass is 294 g/mol. The van der Waals surface area contributed by atoms with Crippen molar-refractivity contribution in [3.63, 3.8) is 0 Å². The molecule has 0 bridgehead atoms. The number of carboxylic acids is 1. The van der Waals surface area contributed by atoms with Gasteiger partial charge in [0.25, 0.3) is 0 Å². The second-order valence-corrected chi connectivity index (χ2v) is 3.82. The summed E-state index contributed by atoms with van der Waals surface area (Å²) in [7, 11) is 0. The van der Waals surface area contributed by atoms with Gasteiger partial charge in [-0.2, -0.15) is 0 Å². The molecule has 7 nitrogen and oxygen atoms in total. The van der Waals surface area contributed by atoms with Crippen LogP contribution in [-0.4, -0.2) is 27.1 Å². The van der Waals surface area contributed by atoms with E-state index in [1.165, 1.54) is 18.7 Å². The summed E-state index contributed by atoms with van der Waals surface area (Å²) in [6, 6.07) is 0.213. The summed E-state index contributed by atoms with van der Waals surface area (Å²) in [4.78, 5) is 29.7. The summed E-state index contributed by atoms with van der Waals surface area (Å²) < 4.78 is 26.7. The van der Waals surface area contributed by atoms with Gasteiger partial charge < -0.3 is 15.7 Å². The van der Waals surface area contributed by atoms with Crippen LogP contribution in [0.25, 0.3) is 0 Å². The molecule has 3 N–H and O–H groups in total. The number of nitrogens with one attached hydrogen (secondary N) is 2. The molecule has 1 aromatic carbocycles. The minimum atomic E-state index is -1.58. The van der Waals surface area contributed by atoms with Gasteiger partial charge in [-0.1, -0.05) is 0 Å². The molecule has 21 heavy (non-hydrogen) atoms. The van der Waals surface area contributed by atoms with Crippen LogP contribution < -0.4 is 10.6 Å². The number of nitrogens with zero attached hydrogens (tertiary/aromatic N) is 2. The van der Waals surface area contributed by atoms with Crippen molar-refractivity contribution in [3.05, 3.63) is 48.1 Å². The minimum absolute atomic E-state index is 0.246. The fourth-order valence-corrected chi connectivity index (χ4v) is 1.46. The first kappa shape index (κ1) is 14.3. The molecule has 0 unspecified atom stereocenters. The molecule has 1 aromatic heterocycles. The number of halogens is 2. The van der Waals surface area contributed by atoms with Gasteiger partial charge in [0.15, 0.2) is 0 Å². The van der Waals surface area contributed by atoms with Crippen LogP contribution in [0.15, 0.2) is 30.9 Å². The maximum Gasteiger partial charge on any atom is 0.338 e. The lowest BCUT2D eigenvalue weighted by molar-refractivity contribution is 0.0692. The van der Waals surface area contributed by atoms with Crippen LogP contribution in [-0.2, 0) is 0 Å². The highest BCUT2D eigenvalue weighted by Gasteiger charge is 2.16. The van der Waals surface area contributed by atoms with Gasteiger partial charge >= 0.3 is 12.0 Å². The van der Waals surface area contributed by atoms with E-state index >= 15 is 0 Å². The number of anilines is 2. The van der Waals surface area contributed by atoms with Gasteiger partial charge in [0.1, 0.15) is 18.0 Å². The number of aromatic nitrogens is 2. The maximum atomic E-state index is 13.5. The van der Waals surface area contributed by atoms with Gasteiger partial charge in [-0.15, -0.1) is 0 Å². The quantitative estimate of drug-likeness (QED) is 0.804. The Hall–Kier alpha value is -3.10. The van der Waals surface area contributed by atoms with Crippen molar-refractivity contribution in [2.24, 2.45) is 0 Å². The molecule has 0 aliphatic carbocycles. The van der Waals surface area contributed by atoms with Crippen molar-refractivity contribution in [1.82, 2.24) is 9.97 Å². The third-order valence-electron chi connectivity index (χ3n) is 2.35. The van der Waals surface area contributed by atoms with Crippen LogP contribution in [0, 0.1) is 11.6 Å². The third-order valence-corrected chi connectivity index (χ3v) is 2.35. The standard InChI is InChI=1S/C12H8F2N4O3/c13-8-2-9(14)10(1-7(8)11(19)20)18-12(21)17-6-3-15-5-16-4-6/h1-5H,(H,19,20)(H2,17,18,21). The molecule has 0 saturated carbocycles. The summed E-state index contributed by atoms with van der Waals surface area (Å²) in [5.41, 5.74) is -0.978. The summed E-state index contributed by atoms with van der Waals surface area (Å²) >= 11 is 0. The van der Waals surface area contributed by atoms with Crippen LogP contribution >= 0.6 is 0 Å². The fraction of sp³-hybridized carbons (Fsp3) is 0. The van der Waals surface area contributed by atoms with Crippen molar-refractivity contribution in [2.45, 2.75) is 0 Å². The number of benzene rings is 1. The highest BCUT2D eigenvalue weighted by atomic mass is 19.1. The molecule has 0 fully saturated rings. The fourth-order valence-electron chi connectivity index (χ4n) is 1.46. The Labute approximate surface area is 116 Å². The van der Waals surface area contributed by atoms with E-state index in [2.05, 4.69) is 20.6 Å². The molecule has 1 heterocycles. The normalized spacial score (nSPS) is 10.0. The van der Waals surface area contributed by atoms with Crippen molar-refractivity contribution in [1.29, 1.82) is 0 Å². The van der Waals surface area contributed by atoms with E-state index in [1.54, 1.807) is 0 Å². The number of urea groups is 1. The molecule has 0 aliphatic rings. The van der Waals surface area contributed by atoms with Gasteiger partial charge in [0.2, 0.25) is 0 Å². The molecule has 2 rings (SSSR count). The van der Waals surface area contributed by atoms with Crippen LogP contribution in [0.4, 0.5) is 25.0 Å². The van der Waals surface area contributed by atoms with Crippen LogP contribution in [0.2, 0.25) is 0 Å². The first-order chi connectivity index (χ1) is 9.97. The van der Waals surface area contributed by atoms with Gasteiger partial charge in [-0.05, 0) is 6.07 Å². The topological polar surface area (TPSA) is 104 Å². The van der Waals surface area contributed by atoms with Gasteiger partial charge in [-0.25, -0.2) is 28.3 Å². The summed E-state index contributed by atoms with van der Waals surface area (Å²) in [5, 5.41) is 13.1. The number of amides is 2. The number of hydrogen-bond donors (Lipinski definition) is 3. The van der Waals surface area contributed by atoms with Crippen LogP contribution in [0.3, 0.4) is 0 Å². The first-order valence-electron chi connectivity index (χ1n) is 5.52. The summed E-state index contributed by atoms with van der Waals surface area (Å²) in [6.07, 6.45) is 3.86. The molecule has 0 atom stereocenters. The van der Waals surface area contributed by atoms with E-state index < -0.39 is 34.9 Å². The van der Waals surface area contributed by atoms with Gasteiger partial charge in [-0.3, -0.25) is 0 Å². The number of carbonyl (C=O) groups excluding carboxylic acids is 1. The van der Waals surface area contributed by atoms with E-state index in [1.807, 2.05) is 0 Å². The van der Waals surface area contributed by atoms with Crippen LogP contribution in [0.5, 0.6) is 0 Å². The predicted octanol–water partition coefficient (Wildman–Crippen LogP) is 2.10. The van der Waals surface area contributed by atoms with E-state index in [4.69, 9.17) is 5.11 Å². The van der Waals surface area contributed by atoms with E-state index in [0.717, 1.165) is 0 Å². The highest BCUT2D eigenvalue weighted by molar-refractivity contribution is 6.00. The summed E-state index contributed by atoms with van der Waals surface area (Å²) in [5.74, 6) is -3.91. The SMILES string of the molecule is O=C(Nc1cncnc1)Nc1cc(C(=O)O)c(F)cc1F. The number of rotatable bonds is 3. The van der Waals surface area contributed by atoms with Crippen LogP contribution in [0.1, 0.15) is 10.4 Å². The van der Waals surface area contributed by atoms with Crippen molar-refractivity contribution in [3.8, 4) is 0 Å². The Bertz CT molecular complexity index is 694. The average molecular weight is 294 g/mol. The molecular formula is C12H8F2N4O3. The van der Waals surface area contributed by atoms with Crippen molar-refractivity contribution >= 4 is 23.4 Å². The second kappa shape index (κ2) is 5.90. The van der Waals surface area contributed by atoms with E-state index in [-0.39, 0.29) is 5.69 Å². The zero-order valence-corrected chi connectivity index (χ0v) is 10.3. The predicted molar refractivity (Wildman–Crippen MR) is 68.0 cm³/mol. The zero-order valence-electron chi connectivity index (χ0n) is 10.3. The minimum Gasteiger partial charge on any atom is -0.478 e. The molecule has 2 aromatic rings. The lowest BCUT2D eigenvalue weighted by Crippen LogP contribution is -2.21. The molecular weight excluding hydrogens is 286 g/mol. The number of carbonyl (C=O) groups is 2. The maximum absolute atomic E-state index is 13.5. The average Bonchev–Trinajstić information content (AvgIpc) is 2.42. The molecule has 9 heteroatoms. The molecule has 2 amide bonds. The lowest BCUT2D eigenvalue weighted by atomic mass is 10.2. The first-order valence-corrected chi connectivity index (χ1v) is 5.52. The zero-order chi connectivity index (χ0) is 15.4. The summed E-state index contributed by atoms with van der Waals surface area (Å²) in [6.45, 7) is 0. The molecule has 0 radical (unpaired) electrons. The molecule has 0 spiro atoms. The molecule has 108 valence electrons. The van der Waals surface area contributed by atoms with Gasteiger partial charge in [0, 0.05) is 6.07 Å². The van der Waals surface area contributed by atoms with E-state index in [0.29, 0.717) is 12.1 Å². The second-order valence-electron chi connectivity index (χ2n) is 3.82. The largest absolute Gasteiger partial charge is 0.478 e. The molecule has 0 aliphatic heterocycles. The van der Waals surface area contributed by atoms with E-state index in [9.17, 15) is 18.4 Å². The highest BCUT2D eigenvalue weighted by Crippen LogP contribution is 2.20. The number of carboxylic acid groups (broad SMARTS) is 1.